The van der Waals surface area contributed by atoms with Gasteiger partial charge in [0.15, 0.2) is 0 Å². The summed E-state index contributed by atoms with van der Waals surface area (Å²) in [6.07, 6.45) is 2.41. The van der Waals surface area contributed by atoms with Gasteiger partial charge >= 0.3 is 0 Å². The first kappa shape index (κ1) is 16.9. The summed E-state index contributed by atoms with van der Waals surface area (Å²) < 4.78 is 19.4. The lowest BCUT2D eigenvalue weighted by Gasteiger charge is -2.34. The molecule has 1 aliphatic rings. The van der Waals surface area contributed by atoms with Crippen LogP contribution in [0.4, 0.5) is 4.39 Å². The van der Waals surface area contributed by atoms with Gasteiger partial charge in [-0.05, 0) is 24.3 Å². The molecule has 0 aromatic heterocycles. The number of hydrogen-bond donors (Lipinski definition) is 0. The molecule has 0 radical (unpaired) electrons. The first-order chi connectivity index (χ1) is 10.3. The molecule has 0 spiro atoms. The van der Waals surface area contributed by atoms with E-state index in [0.29, 0.717) is 18.5 Å². The molecule has 1 heterocycles. The smallest absolute Gasteiger partial charge is 0.223 e. The number of likely N-dealkylation sites (tertiary alicyclic amines) is 1. The van der Waals surface area contributed by atoms with Gasteiger partial charge in [0.05, 0.1) is 12.7 Å². The maximum atomic E-state index is 13.6. The first-order valence-electron chi connectivity index (χ1n) is 7.98. The van der Waals surface area contributed by atoms with Crippen LogP contribution in [0.5, 0.6) is 0 Å². The van der Waals surface area contributed by atoms with Crippen molar-refractivity contribution in [1.82, 2.24) is 4.90 Å². The van der Waals surface area contributed by atoms with Crippen LogP contribution in [0, 0.1) is 11.2 Å². The Morgan fingerprint density at radius 2 is 2.09 bits per heavy atom. The summed E-state index contributed by atoms with van der Waals surface area (Å²) in [5.41, 5.74) is 0.568. The fourth-order valence-electron chi connectivity index (χ4n) is 2.69. The number of rotatable bonds is 4. The minimum absolute atomic E-state index is 0.00193. The van der Waals surface area contributed by atoms with Gasteiger partial charge in [0.2, 0.25) is 5.91 Å². The van der Waals surface area contributed by atoms with Crippen LogP contribution in [-0.4, -0.2) is 30.0 Å². The Hall–Kier alpha value is -1.42. The molecular weight excluding hydrogens is 281 g/mol. The lowest BCUT2D eigenvalue weighted by molar-refractivity contribution is -0.137. The predicted octanol–water partition coefficient (Wildman–Crippen LogP) is 3.77. The predicted molar refractivity (Wildman–Crippen MR) is 84.9 cm³/mol. The summed E-state index contributed by atoms with van der Waals surface area (Å²) in [6.45, 7) is 7.89. The zero-order valence-electron chi connectivity index (χ0n) is 13.8. The maximum Gasteiger partial charge on any atom is 0.223 e. The SMILES string of the molecule is CC(C)(C)CC(=O)N1CCC[C@@H](OCc2ccccc2F)C1. The minimum Gasteiger partial charge on any atom is -0.372 e. The Morgan fingerprint density at radius 3 is 2.77 bits per heavy atom. The van der Waals surface area contributed by atoms with Gasteiger partial charge in [-0.2, -0.15) is 0 Å². The van der Waals surface area contributed by atoms with Crippen molar-refractivity contribution in [3.05, 3.63) is 35.6 Å². The zero-order valence-corrected chi connectivity index (χ0v) is 13.8. The van der Waals surface area contributed by atoms with E-state index in [4.69, 9.17) is 4.74 Å². The van der Waals surface area contributed by atoms with E-state index in [9.17, 15) is 9.18 Å². The zero-order chi connectivity index (χ0) is 16.2. The molecule has 1 atom stereocenters. The van der Waals surface area contributed by atoms with Gasteiger partial charge in [0.25, 0.3) is 0 Å². The molecule has 4 heteroatoms. The molecule has 0 N–H and O–H groups in total. The van der Waals surface area contributed by atoms with Crippen molar-refractivity contribution in [2.75, 3.05) is 13.1 Å². The van der Waals surface area contributed by atoms with Crippen molar-refractivity contribution in [2.24, 2.45) is 5.41 Å². The monoisotopic (exact) mass is 307 g/mol. The average Bonchev–Trinajstić information content (AvgIpc) is 2.45. The molecule has 1 amide bonds. The second-order valence-electron chi connectivity index (χ2n) is 7.24. The number of benzene rings is 1. The number of halogens is 1. The van der Waals surface area contributed by atoms with E-state index in [1.165, 1.54) is 6.07 Å². The molecule has 122 valence electrons. The van der Waals surface area contributed by atoms with E-state index in [0.717, 1.165) is 19.4 Å². The minimum atomic E-state index is -0.237. The second kappa shape index (κ2) is 7.23. The Kier molecular flexibility index (Phi) is 5.57. The third-order valence-electron chi connectivity index (χ3n) is 3.84. The van der Waals surface area contributed by atoms with E-state index < -0.39 is 0 Å². The van der Waals surface area contributed by atoms with Crippen molar-refractivity contribution in [3.63, 3.8) is 0 Å². The van der Waals surface area contributed by atoms with Crippen LogP contribution in [-0.2, 0) is 16.1 Å². The normalized spacial score (nSPS) is 19.3. The lowest BCUT2D eigenvalue weighted by atomic mass is 9.91. The van der Waals surface area contributed by atoms with Crippen LogP contribution in [0.25, 0.3) is 0 Å². The van der Waals surface area contributed by atoms with Gasteiger partial charge < -0.3 is 9.64 Å². The molecule has 0 saturated carbocycles. The number of piperidine rings is 1. The van der Waals surface area contributed by atoms with E-state index in [-0.39, 0.29) is 29.9 Å². The van der Waals surface area contributed by atoms with Crippen molar-refractivity contribution in [1.29, 1.82) is 0 Å². The molecule has 0 bridgehead atoms. The summed E-state index contributed by atoms with van der Waals surface area (Å²) >= 11 is 0. The third kappa shape index (κ3) is 5.09. The molecule has 22 heavy (non-hydrogen) atoms. The topological polar surface area (TPSA) is 29.5 Å². The van der Waals surface area contributed by atoms with Crippen molar-refractivity contribution < 1.29 is 13.9 Å². The highest BCUT2D eigenvalue weighted by atomic mass is 19.1. The molecule has 0 aliphatic carbocycles. The Bertz CT molecular complexity index is 510. The van der Waals surface area contributed by atoms with Gasteiger partial charge in [-0.25, -0.2) is 4.39 Å². The molecule has 1 aromatic carbocycles. The number of hydrogen-bond acceptors (Lipinski definition) is 2. The van der Waals surface area contributed by atoms with Crippen LogP contribution in [0.2, 0.25) is 0 Å². The summed E-state index contributed by atoms with van der Waals surface area (Å²) in [4.78, 5) is 14.2. The van der Waals surface area contributed by atoms with E-state index in [2.05, 4.69) is 20.8 Å². The summed E-state index contributed by atoms with van der Waals surface area (Å²) in [7, 11) is 0. The number of amides is 1. The van der Waals surface area contributed by atoms with Crippen molar-refractivity contribution >= 4 is 5.91 Å². The highest BCUT2D eigenvalue weighted by Crippen LogP contribution is 2.22. The third-order valence-corrected chi connectivity index (χ3v) is 3.84. The highest BCUT2D eigenvalue weighted by molar-refractivity contribution is 5.76. The van der Waals surface area contributed by atoms with Gasteiger partial charge in [0, 0.05) is 25.1 Å². The Labute approximate surface area is 132 Å². The molecule has 3 nitrogen and oxygen atoms in total. The summed E-state index contributed by atoms with van der Waals surface area (Å²) in [5, 5.41) is 0. The average molecular weight is 307 g/mol. The molecular formula is C18H26FNO2. The van der Waals surface area contributed by atoms with Crippen LogP contribution in [0.15, 0.2) is 24.3 Å². The first-order valence-corrected chi connectivity index (χ1v) is 7.98. The van der Waals surface area contributed by atoms with Gasteiger partial charge in [-0.3, -0.25) is 4.79 Å². The van der Waals surface area contributed by atoms with E-state index in [1.54, 1.807) is 12.1 Å². The molecule has 0 unspecified atom stereocenters. The highest BCUT2D eigenvalue weighted by Gasteiger charge is 2.27. The molecule has 1 aromatic rings. The molecule has 1 saturated heterocycles. The summed E-state index contributed by atoms with van der Waals surface area (Å²) in [6, 6.07) is 6.66. The standard InChI is InChI=1S/C18H26FNO2/c1-18(2,3)11-17(21)20-10-6-8-15(12-20)22-13-14-7-4-5-9-16(14)19/h4-5,7,9,15H,6,8,10-13H2,1-3H3/t15-/m1/s1. The second-order valence-corrected chi connectivity index (χ2v) is 7.24. The molecule has 2 rings (SSSR count). The quantitative estimate of drug-likeness (QED) is 0.847. The molecule has 1 fully saturated rings. The van der Waals surface area contributed by atoms with Crippen LogP contribution in [0.1, 0.15) is 45.6 Å². The number of ether oxygens (including phenoxy) is 1. The van der Waals surface area contributed by atoms with Gasteiger partial charge in [-0.15, -0.1) is 0 Å². The van der Waals surface area contributed by atoms with Crippen LogP contribution >= 0.6 is 0 Å². The van der Waals surface area contributed by atoms with E-state index in [1.807, 2.05) is 11.0 Å². The number of carbonyl (C=O) groups excluding carboxylic acids is 1. The fourth-order valence-corrected chi connectivity index (χ4v) is 2.69. The lowest BCUT2D eigenvalue weighted by Crippen LogP contribution is -2.44. The largest absolute Gasteiger partial charge is 0.372 e. The van der Waals surface area contributed by atoms with Gasteiger partial charge in [-0.1, -0.05) is 39.0 Å². The number of nitrogens with zero attached hydrogens (tertiary/aromatic N) is 1. The molecule has 1 aliphatic heterocycles. The Balaban J connectivity index is 1.86. The Morgan fingerprint density at radius 1 is 1.36 bits per heavy atom. The van der Waals surface area contributed by atoms with E-state index >= 15 is 0 Å². The van der Waals surface area contributed by atoms with Crippen molar-refractivity contribution in [2.45, 2.75) is 52.7 Å². The van der Waals surface area contributed by atoms with Crippen LogP contribution < -0.4 is 0 Å². The van der Waals surface area contributed by atoms with Gasteiger partial charge in [0.1, 0.15) is 5.82 Å². The fraction of sp³-hybridized carbons (Fsp3) is 0.611. The van der Waals surface area contributed by atoms with Crippen LogP contribution in [0.3, 0.4) is 0 Å². The summed E-state index contributed by atoms with van der Waals surface area (Å²) in [5.74, 6) is -0.0503. The number of carbonyl (C=O) groups is 1. The van der Waals surface area contributed by atoms with Crippen molar-refractivity contribution in [3.8, 4) is 0 Å². The maximum absolute atomic E-state index is 13.6.